The monoisotopic (exact) mass is 284 g/mol. The van der Waals surface area contributed by atoms with Crippen LogP contribution in [0.1, 0.15) is 20.3 Å². The van der Waals surface area contributed by atoms with E-state index in [1.807, 2.05) is 13.8 Å². The summed E-state index contributed by atoms with van der Waals surface area (Å²) in [7, 11) is 4.65. The van der Waals surface area contributed by atoms with Crippen LogP contribution >= 0.6 is 0 Å². The Morgan fingerprint density at radius 3 is 2.00 bits per heavy atom. The SMILES string of the molecule is CCC(C)C(O)COc1cc(OC)c(OC)c(OC)c1. The summed E-state index contributed by atoms with van der Waals surface area (Å²) in [5, 5.41) is 9.92. The minimum absolute atomic E-state index is 0.192. The highest BCUT2D eigenvalue weighted by Crippen LogP contribution is 2.40. The van der Waals surface area contributed by atoms with E-state index < -0.39 is 6.10 Å². The second-order valence-electron chi connectivity index (χ2n) is 4.62. The van der Waals surface area contributed by atoms with Gasteiger partial charge in [0.1, 0.15) is 12.4 Å². The highest BCUT2D eigenvalue weighted by atomic mass is 16.5. The third-order valence-corrected chi connectivity index (χ3v) is 3.36. The lowest BCUT2D eigenvalue weighted by Gasteiger charge is -2.19. The van der Waals surface area contributed by atoms with Crippen molar-refractivity contribution < 1.29 is 24.1 Å². The van der Waals surface area contributed by atoms with Crippen molar-refractivity contribution in [3.8, 4) is 23.0 Å². The second-order valence-corrected chi connectivity index (χ2v) is 4.62. The first-order valence-electron chi connectivity index (χ1n) is 6.68. The average Bonchev–Trinajstić information content (AvgIpc) is 2.50. The maximum absolute atomic E-state index is 9.92. The predicted octanol–water partition coefficient (Wildman–Crippen LogP) is 2.50. The molecule has 0 aliphatic heterocycles. The van der Waals surface area contributed by atoms with Gasteiger partial charge in [-0.15, -0.1) is 0 Å². The lowest BCUT2D eigenvalue weighted by atomic mass is 10.0. The van der Waals surface area contributed by atoms with Gasteiger partial charge in [0.2, 0.25) is 5.75 Å². The van der Waals surface area contributed by atoms with Crippen LogP contribution < -0.4 is 18.9 Å². The van der Waals surface area contributed by atoms with Gasteiger partial charge in [-0.05, 0) is 5.92 Å². The molecule has 5 heteroatoms. The molecule has 114 valence electrons. The van der Waals surface area contributed by atoms with Gasteiger partial charge < -0.3 is 24.1 Å². The molecule has 0 saturated carbocycles. The molecule has 0 aromatic heterocycles. The van der Waals surface area contributed by atoms with E-state index >= 15 is 0 Å². The Labute approximate surface area is 120 Å². The molecule has 1 rings (SSSR count). The number of aliphatic hydroxyl groups is 1. The van der Waals surface area contributed by atoms with Gasteiger partial charge in [-0.25, -0.2) is 0 Å². The first-order valence-corrected chi connectivity index (χ1v) is 6.68. The Bertz CT molecular complexity index is 394. The fraction of sp³-hybridized carbons (Fsp3) is 0.600. The van der Waals surface area contributed by atoms with Crippen LogP contribution in [0.2, 0.25) is 0 Å². The van der Waals surface area contributed by atoms with Gasteiger partial charge in [-0.2, -0.15) is 0 Å². The number of aliphatic hydroxyl groups excluding tert-OH is 1. The van der Waals surface area contributed by atoms with Gasteiger partial charge >= 0.3 is 0 Å². The number of methoxy groups -OCH3 is 3. The summed E-state index contributed by atoms with van der Waals surface area (Å²) in [5.74, 6) is 2.34. The summed E-state index contributed by atoms with van der Waals surface area (Å²) in [6, 6.07) is 3.43. The molecule has 0 amide bonds. The average molecular weight is 284 g/mol. The topological polar surface area (TPSA) is 57.2 Å². The van der Waals surface area contributed by atoms with Gasteiger partial charge in [0.15, 0.2) is 11.5 Å². The van der Waals surface area contributed by atoms with E-state index in [1.165, 1.54) is 0 Å². The number of hydrogen-bond donors (Lipinski definition) is 1. The van der Waals surface area contributed by atoms with E-state index in [0.717, 1.165) is 6.42 Å². The Hall–Kier alpha value is -1.62. The molecular formula is C15H24O5. The molecule has 0 aliphatic carbocycles. The molecule has 0 saturated heterocycles. The third kappa shape index (κ3) is 3.93. The predicted molar refractivity (Wildman–Crippen MR) is 77.1 cm³/mol. The molecule has 0 fully saturated rings. The maximum atomic E-state index is 9.92. The van der Waals surface area contributed by atoms with Crippen LogP contribution in [-0.4, -0.2) is 39.1 Å². The minimum Gasteiger partial charge on any atom is -0.493 e. The molecule has 0 aliphatic rings. The molecule has 20 heavy (non-hydrogen) atoms. The van der Waals surface area contributed by atoms with Crippen LogP contribution in [0, 0.1) is 5.92 Å². The molecule has 5 nitrogen and oxygen atoms in total. The lowest BCUT2D eigenvalue weighted by Crippen LogP contribution is -2.24. The van der Waals surface area contributed by atoms with Crippen molar-refractivity contribution in [1.29, 1.82) is 0 Å². The van der Waals surface area contributed by atoms with Gasteiger partial charge in [-0.1, -0.05) is 20.3 Å². The Morgan fingerprint density at radius 2 is 1.60 bits per heavy atom. The molecule has 0 heterocycles. The number of ether oxygens (including phenoxy) is 4. The quantitative estimate of drug-likeness (QED) is 0.795. The smallest absolute Gasteiger partial charge is 0.203 e. The van der Waals surface area contributed by atoms with Gasteiger partial charge in [0.05, 0.1) is 27.4 Å². The van der Waals surface area contributed by atoms with Crippen molar-refractivity contribution in [1.82, 2.24) is 0 Å². The normalized spacial score (nSPS) is 13.5. The third-order valence-electron chi connectivity index (χ3n) is 3.36. The second kappa shape index (κ2) is 7.85. The zero-order valence-corrected chi connectivity index (χ0v) is 12.8. The zero-order chi connectivity index (χ0) is 15.1. The summed E-state index contributed by atoms with van der Waals surface area (Å²) in [4.78, 5) is 0. The fourth-order valence-corrected chi connectivity index (χ4v) is 1.76. The number of hydrogen-bond acceptors (Lipinski definition) is 5. The first-order chi connectivity index (χ1) is 9.57. The van der Waals surface area contributed by atoms with Crippen molar-refractivity contribution in [3.63, 3.8) is 0 Å². The van der Waals surface area contributed by atoms with Crippen molar-refractivity contribution in [3.05, 3.63) is 12.1 Å². The summed E-state index contributed by atoms with van der Waals surface area (Å²) in [5.41, 5.74) is 0. The maximum Gasteiger partial charge on any atom is 0.203 e. The molecule has 1 aromatic rings. The van der Waals surface area contributed by atoms with Crippen molar-refractivity contribution in [2.75, 3.05) is 27.9 Å². The molecular weight excluding hydrogens is 260 g/mol. The Morgan fingerprint density at radius 1 is 1.05 bits per heavy atom. The summed E-state index contributed by atoms with van der Waals surface area (Å²) in [6.07, 6.45) is 0.402. The van der Waals surface area contributed by atoms with Crippen molar-refractivity contribution in [2.24, 2.45) is 5.92 Å². The lowest BCUT2D eigenvalue weighted by molar-refractivity contribution is 0.0620. The van der Waals surface area contributed by atoms with Crippen LogP contribution in [0.5, 0.6) is 23.0 Å². The van der Waals surface area contributed by atoms with Crippen LogP contribution in [0.25, 0.3) is 0 Å². The van der Waals surface area contributed by atoms with Crippen LogP contribution in [0.3, 0.4) is 0 Å². The van der Waals surface area contributed by atoms with Crippen molar-refractivity contribution in [2.45, 2.75) is 26.4 Å². The standard InChI is InChI=1S/C15H24O5/c1-6-10(2)12(16)9-20-11-7-13(17-3)15(19-5)14(8-11)18-4/h7-8,10,12,16H,6,9H2,1-5H3. The number of benzene rings is 1. The highest BCUT2D eigenvalue weighted by Gasteiger charge is 2.16. The molecule has 0 bridgehead atoms. The zero-order valence-electron chi connectivity index (χ0n) is 12.8. The molecule has 0 radical (unpaired) electrons. The number of rotatable bonds is 8. The Kier molecular flexibility index (Phi) is 6.45. The van der Waals surface area contributed by atoms with E-state index in [-0.39, 0.29) is 12.5 Å². The van der Waals surface area contributed by atoms with Crippen LogP contribution in [0.4, 0.5) is 0 Å². The van der Waals surface area contributed by atoms with Crippen LogP contribution in [-0.2, 0) is 0 Å². The van der Waals surface area contributed by atoms with E-state index in [0.29, 0.717) is 23.0 Å². The summed E-state index contributed by atoms with van der Waals surface area (Å²) in [6.45, 7) is 4.25. The fourth-order valence-electron chi connectivity index (χ4n) is 1.76. The van der Waals surface area contributed by atoms with Gasteiger partial charge in [0.25, 0.3) is 0 Å². The molecule has 2 unspecified atom stereocenters. The molecule has 1 aromatic carbocycles. The summed E-state index contributed by atoms with van der Waals surface area (Å²) < 4.78 is 21.3. The Balaban J connectivity index is 2.86. The van der Waals surface area contributed by atoms with Gasteiger partial charge in [-0.3, -0.25) is 0 Å². The van der Waals surface area contributed by atoms with Crippen molar-refractivity contribution >= 4 is 0 Å². The van der Waals surface area contributed by atoms with E-state index in [4.69, 9.17) is 18.9 Å². The van der Waals surface area contributed by atoms with E-state index in [2.05, 4.69) is 0 Å². The summed E-state index contributed by atoms with van der Waals surface area (Å²) >= 11 is 0. The first kappa shape index (κ1) is 16.4. The molecule has 0 spiro atoms. The molecule has 2 atom stereocenters. The molecule has 1 N–H and O–H groups in total. The van der Waals surface area contributed by atoms with Gasteiger partial charge in [0, 0.05) is 12.1 Å². The van der Waals surface area contributed by atoms with E-state index in [1.54, 1.807) is 33.5 Å². The largest absolute Gasteiger partial charge is 0.493 e. The van der Waals surface area contributed by atoms with Crippen LogP contribution in [0.15, 0.2) is 12.1 Å². The minimum atomic E-state index is -0.501. The highest BCUT2D eigenvalue weighted by molar-refractivity contribution is 5.55. The van der Waals surface area contributed by atoms with E-state index in [9.17, 15) is 5.11 Å².